The molecule has 2 aromatic carbocycles. The largest absolute Gasteiger partial charge is 0.494 e. The molecule has 25 heavy (non-hydrogen) atoms. The fourth-order valence-corrected chi connectivity index (χ4v) is 3.52. The summed E-state index contributed by atoms with van der Waals surface area (Å²) in [7, 11) is 0. The fraction of sp³-hybridized carbons (Fsp3) is 0.158. The summed E-state index contributed by atoms with van der Waals surface area (Å²) in [5.74, 6) is 0.782. The smallest absolute Gasteiger partial charge is 0.283 e. The number of ether oxygens (including phenoxy) is 1. The van der Waals surface area contributed by atoms with Gasteiger partial charge in [-0.2, -0.15) is 0 Å². The molecule has 1 N–H and O–H groups in total. The van der Waals surface area contributed by atoms with E-state index in [-0.39, 0.29) is 5.56 Å². The zero-order valence-corrected chi connectivity index (χ0v) is 14.8. The highest BCUT2D eigenvalue weighted by molar-refractivity contribution is 7.98. The molecule has 5 nitrogen and oxygen atoms in total. The van der Waals surface area contributed by atoms with Gasteiger partial charge in [-0.15, -0.1) is 0 Å². The topological polar surface area (TPSA) is 59.9 Å². The molecule has 0 unspecified atom stereocenters. The third-order valence-electron chi connectivity index (χ3n) is 4.08. The minimum absolute atomic E-state index is 0.102. The van der Waals surface area contributed by atoms with E-state index in [2.05, 4.69) is 4.98 Å². The van der Waals surface area contributed by atoms with Gasteiger partial charge in [-0.05, 0) is 43.5 Å². The van der Waals surface area contributed by atoms with Crippen LogP contribution in [0, 0.1) is 0 Å². The summed E-state index contributed by atoms with van der Waals surface area (Å²) in [5, 5.41) is 1.62. The first-order valence-corrected chi connectivity index (χ1v) is 9.26. The molecular formula is C19H17N3O2S. The highest BCUT2D eigenvalue weighted by atomic mass is 32.2. The summed E-state index contributed by atoms with van der Waals surface area (Å²) >= 11 is 1.45. The predicted octanol–water partition coefficient (Wildman–Crippen LogP) is 3.99. The molecule has 126 valence electrons. The van der Waals surface area contributed by atoms with Crippen LogP contribution in [0.2, 0.25) is 0 Å². The Labute approximate surface area is 148 Å². The lowest BCUT2D eigenvalue weighted by molar-refractivity contribution is 0.340. The van der Waals surface area contributed by atoms with Crippen LogP contribution in [0.5, 0.6) is 5.75 Å². The van der Waals surface area contributed by atoms with Crippen LogP contribution >= 0.6 is 11.8 Å². The van der Waals surface area contributed by atoms with Crippen LogP contribution in [-0.4, -0.2) is 27.4 Å². The molecule has 0 aliphatic rings. The number of aromatic amines is 1. The van der Waals surface area contributed by atoms with Crippen LogP contribution in [0.4, 0.5) is 0 Å². The van der Waals surface area contributed by atoms with Gasteiger partial charge in [0.25, 0.3) is 5.56 Å². The van der Waals surface area contributed by atoms with Gasteiger partial charge < -0.3 is 9.72 Å². The zero-order chi connectivity index (χ0) is 17.4. The zero-order valence-electron chi connectivity index (χ0n) is 13.9. The van der Waals surface area contributed by atoms with Crippen molar-refractivity contribution in [2.45, 2.75) is 12.1 Å². The Balaban J connectivity index is 1.98. The first kappa shape index (κ1) is 15.8. The number of H-pyrrole nitrogens is 1. The summed E-state index contributed by atoms with van der Waals surface area (Å²) in [6.07, 6.45) is 1.92. The molecule has 0 amide bonds. The molecule has 0 atom stereocenters. The number of benzene rings is 2. The molecule has 0 aliphatic carbocycles. The number of hydrogen-bond acceptors (Lipinski definition) is 4. The Kier molecular flexibility index (Phi) is 3.97. The summed E-state index contributed by atoms with van der Waals surface area (Å²) in [5.41, 5.74) is 2.82. The van der Waals surface area contributed by atoms with Crippen molar-refractivity contribution >= 4 is 33.7 Å². The van der Waals surface area contributed by atoms with Crippen molar-refractivity contribution in [3.8, 4) is 11.4 Å². The second-order valence-electron chi connectivity index (χ2n) is 5.56. The highest BCUT2D eigenvalue weighted by Crippen LogP contribution is 2.25. The molecular weight excluding hydrogens is 334 g/mol. The quantitative estimate of drug-likeness (QED) is 0.446. The maximum Gasteiger partial charge on any atom is 0.283 e. The third kappa shape index (κ3) is 2.59. The second kappa shape index (κ2) is 6.29. The molecule has 4 aromatic rings. The first-order valence-electron chi connectivity index (χ1n) is 8.03. The minimum Gasteiger partial charge on any atom is -0.494 e. The summed E-state index contributed by atoms with van der Waals surface area (Å²) < 4.78 is 7.12. The van der Waals surface area contributed by atoms with Crippen molar-refractivity contribution in [3.63, 3.8) is 0 Å². The van der Waals surface area contributed by atoms with E-state index in [9.17, 15) is 4.79 Å². The first-order chi connectivity index (χ1) is 12.2. The van der Waals surface area contributed by atoms with E-state index in [0.29, 0.717) is 22.8 Å². The van der Waals surface area contributed by atoms with Gasteiger partial charge in [-0.1, -0.05) is 30.0 Å². The van der Waals surface area contributed by atoms with E-state index < -0.39 is 0 Å². The fourth-order valence-electron chi connectivity index (χ4n) is 2.97. The van der Waals surface area contributed by atoms with Crippen LogP contribution in [0.1, 0.15) is 6.92 Å². The van der Waals surface area contributed by atoms with Crippen molar-refractivity contribution in [2.24, 2.45) is 0 Å². The van der Waals surface area contributed by atoms with E-state index in [4.69, 9.17) is 9.72 Å². The third-order valence-corrected chi connectivity index (χ3v) is 4.72. The van der Waals surface area contributed by atoms with E-state index in [0.717, 1.165) is 22.3 Å². The number of fused-ring (bicyclic) bond motifs is 3. The monoisotopic (exact) mass is 351 g/mol. The van der Waals surface area contributed by atoms with Crippen LogP contribution in [0.25, 0.3) is 27.6 Å². The number of rotatable bonds is 4. The van der Waals surface area contributed by atoms with Crippen molar-refractivity contribution in [3.05, 3.63) is 58.9 Å². The molecule has 4 rings (SSSR count). The van der Waals surface area contributed by atoms with Gasteiger partial charge in [0.05, 0.1) is 12.3 Å². The lowest BCUT2D eigenvalue weighted by Gasteiger charge is -2.11. The van der Waals surface area contributed by atoms with Gasteiger partial charge in [0.1, 0.15) is 16.8 Å². The SMILES string of the molecule is CCOc1ccc(-n2c(SC)nc3c([nH]c4ccccc43)c2=O)cc1. The van der Waals surface area contributed by atoms with Crippen LogP contribution in [-0.2, 0) is 0 Å². The number of nitrogens with zero attached hydrogens (tertiary/aromatic N) is 2. The number of aromatic nitrogens is 3. The van der Waals surface area contributed by atoms with Crippen molar-refractivity contribution in [1.29, 1.82) is 0 Å². The molecule has 2 aromatic heterocycles. The number of nitrogens with one attached hydrogen (secondary N) is 1. The Hall–Kier alpha value is -2.73. The lowest BCUT2D eigenvalue weighted by atomic mass is 10.2. The Bertz CT molecular complexity index is 1110. The van der Waals surface area contributed by atoms with E-state index in [1.807, 2.05) is 61.7 Å². The normalized spacial score (nSPS) is 11.3. The highest BCUT2D eigenvalue weighted by Gasteiger charge is 2.16. The molecule has 2 heterocycles. The Morgan fingerprint density at radius 2 is 1.92 bits per heavy atom. The summed E-state index contributed by atoms with van der Waals surface area (Å²) in [6.45, 7) is 2.55. The molecule has 0 fully saturated rings. The number of para-hydroxylation sites is 1. The molecule has 0 spiro atoms. The predicted molar refractivity (Wildman–Crippen MR) is 102 cm³/mol. The average Bonchev–Trinajstić information content (AvgIpc) is 3.02. The molecule has 0 bridgehead atoms. The molecule has 0 saturated carbocycles. The minimum atomic E-state index is -0.102. The number of hydrogen-bond donors (Lipinski definition) is 1. The molecule has 0 saturated heterocycles. The van der Waals surface area contributed by atoms with Gasteiger partial charge in [0.15, 0.2) is 5.16 Å². The standard InChI is InChI=1S/C19H17N3O2S/c1-3-24-13-10-8-12(9-11-13)22-18(23)17-16(21-19(22)25-2)14-6-4-5-7-15(14)20-17/h4-11,20H,3H2,1-2H3. The van der Waals surface area contributed by atoms with Gasteiger partial charge in [0, 0.05) is 10.9 Å². The van der Waals surface area contributed by atoms with Gasteiger partial charge >= 0.3 is 0 Å². The molecule has 6 heteroatoms. The average molecular weight is 351 g/mol. The summed E-state index contributed by atoms with van der Waals surface area (Å²) in [4.78, 5) is 21.1. The van der Waals surface area contributed by atoms with Gasteiger partial charge in [0.2, 0.25) is 0 Å². The Morgan fingerprint density at radius 1 is 1.16 bits per heavy atom. The number of thioether (sulfide) groups is 1. The lowest BCUT2D eigenvalue weighted by Crippen LogP contribution is -2.21. The Morgan fingerprint density at radius 3 is 2.64 bits per heavy atom. The summed E-state index contributed by atoms with van der Waals surface area (Å²) in [6, 6.07) is 15.3. The maximum absolute atomic E-state index is 13.1. The van der Waals surface area contributed by atoms with Gasteiger partial charge in [-0.25, -0.2) is 4.98 Å². The van der Waals surface area contributed by atoms with Crippen molar-refractivity contribution < 1.29 is 4.74 Å². The molecule has 0 aliphatic heterocycles. The molecule has 0 radical (unpaired) electrons. The van der Waals surface area contributed by atoms with Gasteiger partial charge in [-0.3, -0.25) is 9.36 Å². The van der Waals surface area contributed by atoms with Crippen molar-refractivity contribution in [1.82, 2.24) is 14.5 Å². The van der Waals surface area contributed by atoms with Crippen LogP contribution in [0.15, 0.2) is 58.5 Å². The maximum atomic E-state index is 13.1. The van der Waals surface area contributed by atoms with E-state index in [1.165, 1.54) is 11.8 Å². The van der Waals surface area contributed by atoms with E-state index >= 15 is 0 Å². The van der Waals surface area contributed by atoms with Crippen LogP contribution < -0.4 is 10.3 Å². The second-order valence-corrected chi connectivity index (χ2v) is 6.33. The van der Waals surface area contributed by atoms with Crippen LogP contribution in [0.3, 0.4) is 0 Å². The van der Waals surface area contributed by atoms with E-state index in [1.54, 1.807) is 4.57 Å². The van der Waals surface area contributed by atoms with Crippen molar-refractivity contribution in [2.75, 3.05) is 12.9 Å².